The highest BCUT2D eigenvalue weighted by Crippen LogP contribution is 2.39. The van der Waals surface area contributed by atoms with E-state index in [4.69, 9.17) is 15.9 Å². The fourth-order valence-corrected chi connectivity index (χ4v) is 4.41. The van der Waals surface area contributed by atoms with Crippen LogP contribution < -0.4 is 10.5 Å². The molecule has 4 rings (SSSR count). The minimum Gasteiger partial charge on any atom is -0.492 e. The molecule has 0 radical (unpaired) electrons. The van der Waals surface area contributed by atoms with E-state index in [-0.39, 0.29) is 5.91 Å². The SMILES string of the molecule is N=C/C(=C\N)c1ccc2c(c1)OCCc1sc(C(=O)N3CC[C@@H](O)C3)nc1-2. The summed E-state index contributed by atoms with van der Waals surface area (Å²) >= 11 is 1.40. The van der Waals surface area contributed by atoms with Gasteiger partial charge >= 0.3 is 0 Å². The predicted molar refractivity (Wildman–Crippen MR) is 104 cm³/mol. The van der Waals surface area contributed by atoms with Crippen LogP contribution in [-0.4, -0.2) is 52.9 Å². The van der Waals surface area contributed by atoms with E-state index in [0.29, 0.717) is 48.9 Å². The van der Waals surface area contributed by atoms with Gasteiger partial charge in [0.1, 0.15) is 5.75 Å². The number of ether oxygens (including phenoxy) is 1. The predicted octanol–water partition coefficient (Wildman–Crippen LogP) is 1.90. The Morgan fingerprint density at radius 1 is 1.48 bits per heavy atom. The molecule has 0 unspecified atom stereocenters. The Morgan fingerprint density at radius 2 is 2.33 bits per heavy atom. The average Bonchev–Trinajstić information content (AvgIpc) is 3.25. The summed E-state index contributed by atoms with van der Waals surface area (Å²) < 4.78 is 5.88. The number of benzene rings is 1. The van der Waals surface area contributed by atoms with E-state index in [1.807, 2.05) is 18.2 Å². The molecule has 2 aromatic rings. The normalized spacial score (nSPS) is 19.1. The Morgan fingerprint density at radius 3 is 3.04 bits per heavy atom. The highest BCUT2D eigenvalue weighted by atomic mass is 32.1. The molecule has 1 aromatic heterocycles. The number of nitrogens with two attached hydrogens (primary N) is 1. The molecule has 8 heteroatoms. The van der Waals surface area contributed by atoms with Crippen molar-refractivity contribution in [1.82, 2.24) is 9.88 Å². The number of hydrogen-bond acceptors (Lipinski definition) is 7. The van der Waals surface area contributed by atoms with Gasteiger partial charge in [-0.25, -0.2) is 4.98 Å². The van der Waals surface area contributed by atoms with Gasteiger partial charge in [-0.05, 0) is 24.1 Å². The van der Waals surface area contributed by atoms with Crippen molar-refractivity contribution in [3.05, 3.63) is 39.8 Å². The molecule has 2 aliphatic heterocycles. The third-order valence-electron chi connectivity index (χ3n) is 4.82. The number of aliphatic hydroxyl groups is 1. The topological polar surface area (TPSA) is 113 Å². The molecule has 1 atom stereocenters. The molecule has 1 amide bonds. The lowest BCUT2D eigenvalue weighted by Gasteiger charge is -2.13. The third kappa shape index (κ3) is 3.22. The molecule has 1 saturated heterocycles. The first-order valence-corrected chi connectivity index (χ1v) is 9.59. The van der Waals surface area contributed by atoms with Gasteiger partial charge < -0.3 is 25.9 Å². The molecule has 0 bridgehead atoms. The number of thiazole rings is 1. The average molecular weight is 384 g/mol. The summed E-state index contributed by atoms with van der Waals surface area (Å²) in [5, 5.41) is 17.6. The molecular formula is C19H20N4O3S. The minimum atomic E-state index is -0.446. The first-order valence-electron chi connectivity index (χ1n) is 8.77. The summed E-state index contributed by atoms with van der Waals surface area (Å²) in [5.74, 6) is 0.550. The lowest BCUT2D eigenvalue weighted by atomic mass is 10.0. The maximum atomic E-state index is 12.7. The van der Waals surface area contributed by atoms with Crippen LogP contribution in [0.3, 0.4) is 0 Å². The number of likely N-dealkylation sites (tertiary alicyclic amines) is 1. The van der Waals surface area contributed by atoms with Crippen LogP contribution in [0.25, 0.3) is 16.8 Å². The summed E-state index contributed by atoms with van der Waals surface area (Å²) in [6.45, 7) is 1.42. The summed E-state index contributed by atoms with van der Waals surface area (Å²) in [6, 6.07) is 5.62. The zero-order valence-electron chi connectivity index (χ0n) is 14.6. The van der Waals surface area contributed by atoms with Crippen molar-refractivity contribution in [2.24, 2.45) is 5.73 Å². The van der Waals surface area contributed by atoms with Crippen molar-refractivity contribution in [2.75, 3.05) is 19.7 Å². The van der Waals surface area contributed by atoms with Gasteiger partial charge in [-0.15, -0.1) is 11.3 Å². The quantitative estimate of drug-likeness (QED) is 0.700. The van der Waals surface area contributed by atoms with Crippen molar-refractivity contribution < 1.29 is 14.6 Å². The maximum Gasteiger partial charge on any atom is 0.282 e. The monoisotopic (exact) mass is 384 g/mol. The van der Waals surface area contributed by atoms with Crippen LogP contribution in [0, 0.1) is 5.41 Å². The second kappa shape index (κ2) is 7.13. The maximum absolute atomic E-state index is 12.7. The molecule has 2 aliphatic rings. The van der Waals surface area contributed by atoms with E-state index in [1.165, 1.54) is 23.8 Å². The van der Waals surface area contributed by atoms with E-state index < -0.39 is 6.10 Å². The van der Waals surface area contributed by atoms with Crippen molar-refractivity contribution >= 4 is 29.0 Å². The number of carbonyl (C=O) groups is 1. The Hall–Kier alpha value is -2.71. The highest BCUT2D eigenvalue weighted by molar-refractivity contribution is 7.14. The van der Waals surface area contributed by atoms with Crippen LogP contribution in [0.2, 0.25) is 0 Å². The van der Waals surface area contributed by atoms with Gasteiger partial charge in [0, 0.05) is 47.9 Å². The number of aliphatic hydroxyl groups excluding tert-OH is 1. The van der Waals surface area contributed by atoms with Crippen molar-refractivity contribution in [1.29, 1.82) is 5.41 Å². The number of nitrogens with one attached hydrogen (secondary N) is 1. The summed E-state index contributed by atoms with van der Waals surface area (Å²) in [6.07, 6.45) is 3.43. The van der Waals surface area contributed by atoms with E-state index in [2.05, 4.69) is 4.98 Å². The molecule has 0 aliphatic carbocycles. The van der Waals surface area contributed by atoms with Gasteiger partial charge in [-0.2, -0.15) is 0 Å². The molecule has 0 saturated carbocycles. The fraction of sp³-hybridized carbons (Fsp3) is 0.316. The highest BCUT2D eigenvalue weighted by Gasteiger charge is 2.29. The fourth-order valence-electron chi connectivity index (χ4n) is 3.38. The number of allylic oxidation sites excluding steroid dienone is 1. The number of hydrogen-bond donors (Lipinski definition) is 3. The summed E-state index contributed by atoms with van der Waals surface area (Å²) in [5.41, 5.74) is 8.59. The van der Waals surface area contributed by atoms with Gasteiger partial charge in [0.2, 0.25) is 0 Å². The lowest BCUT2D eigenvalue weighted by molar-refractivity contribution is 0.0764. The van der Waals surface area contributed by atoms with Crippen molar-refractivity contribution in [3.63, 3.8) is 0 Å². The first kappa shape index (κ1) is 17.7. The number of rotatable bonds is 3. The van der Waals surface area contributed by atoms with Crippen LogP contribution in [0.4, 0.5) is 0 Å². The van der Waals surface area contributed by atoms with E-state index in [9.17, 15) is 9.90 Å². The van der Waals surface area contributed by atoms with Gasteiger partial charge in [0.15, 0.2) is 5.01 Å². The van der Waals surface area contributed by atoms with Crippen LogP contribution in [0.15, 0.2) is 24.4 Å². The number of amides is 1. The summed E-state index contributed by atoms with van der Waals surface area (Å²) in [7, 11) is 0. The molecule has 0 spiro atoms. The Labute approximate surface area is 160 Å². The number of nitrogens with zero attached hydrogens (tertiary/aromatic N) is 2. The van der Waals surface area contributed by atoms with Gasteiger partial charge in [0.05, 0.1) is 18.4 Å². The second-order valence-electron chi connectivity index (χ2n) is 6.56. The third-order valence-corrected chi connectivity index (χ3v) is 5.93. The first-order chi connectivity index (χ1) is 13.1. The molecule has 27 heavy (non-hydrogen) atoms. The molecule has 1 fully saturated rings. The Balaban J connectivity index is 1.70. The van der Waals surface area contributed by atoms with Gasteiger partial charge in [0.25, 0.3) is 5.91 Å². The van der Waals surface area contributed by atoms with E-state index >= 15 is 0 Å². The van der Waals surface area contributed by atoms with Gasteiger partial charge in [-0.3, -0.25) is 4.79 Å². The van der Waals surface area contributed by atoms with E-state index in [1.54, 1.807) is 4.90 Å². The lowest BCUT2D eigenvalue weighted by Crippen LogP contribution is -2.29. The molecule has 3 heterocycles. The van der Waals surface area contributed by atoms with Crippen LogP contribution in [0.5, 0.6) is 5.75 Å². The standard InChI is InChI=1S/C19H20N4O3S/c20-8-12(9-21)11-1-2-14-15(7-11)26-6-4-16-17(14)22-18(27-16)19(25)23-5-3-13(24)10-23/h1-2,7-9,13,20,24H,3-6,10,21H2/b12-9+,20-8?/t13-/m1/s1. The second-order valence-corrected chi connectivity index (χ2v) is 7.64. The molecule has 140 valence electrons. The molecule has 4 N–H and O–H groups in total. The summed E-state index contributed by atoms with van der Waals surface area (Å²) in [4.78, 5) is 20.0. The zero-order chi connectivity index (χ0) is 19.0. The van der Waals surface area contributed by atoms with E-state index in [0.717, 1.165) is 21.7 Å². The van der Waals surface area contributed by atoms with Crippen LogP contribution >= 0.6 is 11.3 Å². The minimum absolute atomic E-state index is 0.124. The van der Waals surface area contributed by atoms with Crippen molar-refractivity contribution in [3.8, 4) is 17.0 Å². The molecular weight excluding hydrogens is 364 g/mol. The Kier molecular flexibility index (Phi) is 4.67. The smallest absolute Gasteiger partial charge is 0.282 e. The number of β-amino-alcohol motifs (C(OH)–C–C–N with tert-alkyl or cyclic N) is 1. The number of aromatic nitrogens is 1. The molecule has 1 aromatic carbocycles. The van der Waals surface area contributed by atoms with Crippen LogP contribution in [-0.2, 0) is 6.42 Å². The van der Waals surface area contributed by atoms with Gasteiger partial charge in [-0.1, -0.05) is 6.07 Å². The zero-order valence-corrected chi connectivity index (χ0v) is 15.5. The number of fused-ring (bicyclic) bond motifs is 3. The largest absolute Gasteiger partial charge is 0.492 e. The Bertz CT molecular complexity index is 937. The molecule has 7 nitrogen and oxygen atoms in total. The van der Waals surface area contributed by atoms with Crippen molar-refractivity contribution in [2.45, 2.75) is 18.9 Å². The van der Waals surface area contributed by atoms with Crippen LogP contribution in [0.1, 0.15) is 26.7 Å². The number of carbonyl (C=O) groups excluding carboxylic acids is 1.